The van der Waals surface area contributed by atoms with Gasteiger partial charge in [0.1, 0.15) is 11.5 Å². The Balaban J connectivity index is 1.07. The summed E-state index contributed by atoms with van der Waals surface area (Å²) in [5.41, 5.74) is 15.6. The molecule has 0 bridgehead atoms. The van der Waals surface area contributed by atoms with Crippen LogP contribution in [0.3, 0.4) is 0 Å². The van der Waals surface area contributed by atoms with Gasteiger partial charge in [-0.2, -0.15) is 11.6 Å². The molecule has 9 aromatic rings. The first-order valence-electron chi connectivity index (χ1n) is 17.8. The van der Waals surface area contributed by atoms with Crippen LogP contribution in [-0.4, -0.2) is 10.6 Å². The van der Waals surface area contributed by atoms with Gasteiger partial charge < -0.3 is 9.30 Å². The molecule has 0 unspecified atom stereocenters. The van der Waals surface area contributed by atoms with Crippen LogP contribution in [0, 0.1) is 0 Å². The first-order chi connectivity index (χ1) is 25.8. The van der Waals surface area contributed by atoms with Crippen LogP contribution in [0.15, 0.2) is 187 Å². The molecule has 4 heteroatoms. The third kappa shape index (κ3) is 4.54. The van der Waals surface area contributed by atoms with Crippen LogP contribution in [0.5, 0.6) is 11.5 Å². The van der Waals surface area contributed by atoms with E-state index in [1.165, 1.54) is 71.0 Å². The lowest BCUT2D eigenvalue weighted by Gasteiger charge is -2.33. The van der Waals surface area contributed by atoms with Gasteiger partial charge in [-0.25, -0.2) is 0 Å². The average Bonchev–Trinajstić information content (AvgIpc) is 3.55. The predicted molar refractivity (Wildman–Crippen MR) is 220 cm³/mol. The topological polar surface area (TPSA) is 14.2 Å². The van der Waals surface area contributed by atoms with Crippen LogP contribution in [0.2, 0.25) is 0 Å². The Kier molecular flexibility index (Phi) is 6.62. The minimum atomic E-state index is 0.134. The van der Waals surface area contributed by atoms with E-state index in [4.69, 9.17) is 4.74 Å². The quantitative estimate of drug-likeness (QED) is 0.172. The number of aromatic nitrogens is 1. The summed E-state index contributed by atoms with van der Waals surface area (Å²) in [6, 6.07) is 65.9. The lowest BCUT2D eigenvalue weighted by molar-refractivity contribution is 0.488. The van der Waals surface area contributed by atoms with Crippen molar-refractivity contribution in [1.29, 1.82) is 0 Å². The van der Waals surface area contributed by atoms with Crippen LogP contribution in [0.4, 0.5) is 0 Å². The Hall–Kier alpha value is -6.23. The van der Waals surface area contributed by atoms with Crippen LogP contribution >= 0.6 is 11.6 Å². The second-order valence-corrected chi connectivity index (χ2v) is 14.8. The molecule has 2 aliphatic rings. The summed E-state index contributed by atoms with van der Waals surface area (Å²) in [7, 11) is 0. The number of benzene rings is 8. The van der Waals surface area contributed by atoms with E-state index in [0.29, 0.717) is 0 Å². The van der Waals surface area contributed by atoms with Crippen molar-refractivity contribution in [1.82, 2.24) is 4.57 Å². The molecule has 0 N–H and O–H groups in total. The number of rotatable bonds is 4. The zero-order chi connectivity index (χ0) is 34.2. The van der Waals surface area contributed by atoms with Crippen LogP contribution in [0.25, 0.3) is 72.0 Å². The highest BCUT2D eigenvalue weighted by Crippen LogP contribution is 2.46. The van der Waals surface area contributed by atoms with Crippen molar-refractivity contribution in [3.63, 3.8) is 0 Å². The Morgan fingerprint density at radius 2 is 1.06 bits per heavy atom. The molecule has 0 atom stereocenters. The molecule has 242 valence electrons. The van der Waals surface area contributed by atoms with Gasteiger partial charge in [-0.1, -0.05) is 133 Å². The molecule has 0 radical (unpaired) electrons. The molecular formula is C48H30BNOS. The van der Waals surface area contributed by atoms with Gasteiger partial charge >= 0.3 is 0 Å². The van der Waals surface area contributed by atoms with Crippen molar-refractivity contribution < 1.29 is 4.74 Å². The van der Waals surface area contributed by atoms with E-state index in [9.17, 15) is 0 Å². The molecule has 0 saturated heterocycles. The number of para-hydroxylation sites is 3. The van der Waals surface area contributed by atoms with E-state index in [2.05, 4.69) is 187 Å². The van der Waals surface area contributed by atoms with Crippen molar-refractivity contribution in [2.45, 2.75) is 4.90 Å². The van der Waals surface area contributed by atoms with Crippen molar-refractivity contribution in [2.24, 2.45) is 0 Å². The maximum absolute atomic E-state index is 7.03. The minimum absolute atomic E-state index is 0.134. The maximum atomic E-state index is 7.03. The molecule has 0 amide bonds. The first-order valence-corrected chi connectivity index (χ1v) is 18.7. The van der Waals surface area contributed by atoms with Crippen molar-refractivity contribution >= 4 is 50.3 Å². The van der Waals surface area contributed by atoms with E-state index in [0.717, 1.165) is 28.3 Å². The molecule has 2 aliphatic heterocycles. The Morgan fingerprint density at radius 3 is 1.87 bits per heavy atom. The summed E-state index contributed by atoms with van der Waals surface area (Å²) < 4.78 is 9.44. The third-order valence-corrected chi connectivity index (χ3v) is 12.0. The normalized spacial score (nSPS) is 12.7. The van der Waals surface area contributed by atoms with Crippen molar-refractivity contribution in [3.05, 3.63) is 182 Å². The second-order valence-electron chi connectivity index (χ2n) is 13.6. The van der Waals surface area contributed by atoms with E-state index < -0.39 is 0 Å². The van der Waals surface area contributed by atoms with Crippen LogP contribution in [0.1, 0.15) is 0 Å². The fourth-order valence-corrected chi connectivity index (χ4v) is 9.70. The van der Waals surface area contributed by atoms with E-state index >= 15 is 0 Å². The maximum Gasteiger partial charge on any atom is 0.289 e. The number of hydrogen-bond acceptors (Lipinski definition) is 2. The molecular weight excluding hydrogens is 649 g/mol. The van der Waals surface area contributed by atoms with Gasteiger partial charge in [0, 0.05) is 21.2 Å². The van der Waals surface area contributed by atoms with Gasteiger partial charge in [0.25, 0.3) is 5.99 Å². The Labute approximate surface area is 307 Å². The number of fused-ring (bicyclic) bond motifs is 7. The fourth-order valence-electron chi connectivity index (χ4n) is 8.30. The van der Waals surface area contributed by atoms with Gasteiger partial charge in [0.05, 0.1) is 16.7 Å². The molecule has 0 spiro atoms. The van der Waals surface area contributed by atoms with Gasteiger partial charge in [-0.05, 0) is 98.4 Å². The highest BCUT2D eigenvalue weighted by molar-refractivity contribution is 8.28. The average molecular weight is 680 g/mol. The van der Waals surface area contributed by atoms with E-state index in [1.54, 1.807) is 0 Å². The lowest BCUT2D eigenvalue weighted by Crippen LogP contribution is -2.46. The molecule has 52 heavy (non-hydrogen) atoms. The molecule has 0 fully saturated rings. The number of hydrogen-bond donors (Lipinski definition) is 0. The molecule has 2 nitrogen and oxygen atoms in total. The molecule has 8 aromatic carbocycles. The van der Waals surface area contributed by atoms with Gasteiger partial charge in [-0.15, -0.1) is 0 Å². The monoisotopic (exact) mass is 679 g/mol. The summed E-state index contributed by atoms with van der Waals surface area (Å²) in [6.07, 6.45) is 0. The summed E-state index contributed by atoms with van der Waals surface area (Å²) in [5.74, 6) is 1.99. The lowest BCUT2D eigenvalue weighted by atomic mass is 9.57. The Bertz CT molecular complexity index is 2820. The van der Waals surface area contributed by atoms with Crippen LogP contribution < -0.4 is 15.7 Å². The zero-order valence-electron chi connectivity index (χ0n) is 28.2. The SMILES string of the molecule is c1ccc(-c2cccc(-c3cc4c5c(c3)-c3ccccc3SB5c3ccc(-c5ccccc5-n5c6ccccc6c6ccccc65)cc3O4)c2)cc1. The summed E-state index contributed by atoms with van der Waals surface area (Å²) in [4.78, 5) is 1.30. The number of nitrogens with zero attached hydrogens (tertiary/aromatic N) is 1. The largest absolute Gasteiger partial charge is 0.458 e. The van der Waals surface area contributed by atoms with Gasteiger partial charge in [0.15, 0.2) is 0 Å². The second kappa shape index (κ2) is 11.7. The smallest absolute Gasteiger partial charge is 0.289 e. The Morgan fingerprint density at radius 1 is 0.423 bits per heavy atom. The predicted octanol–water partition coefficient (Wildman–Crippen LogP) is 11.8. The summed E-state index contributed by atoms with van der Waals surface area (Å²) >= 11 is 1.93. The fraction of sp³-hybridized carbons (Fsp3) is 0. The van der Waals surface area contributed by atoms with Crippen molar-refractivity contribution in [3.8, 4) is 61.7 Å². The molecule has 11 rings (SSSR count). The molecule has 0 aliphatic carbocycles. The van der Waals surface area contributed by atoms with E-state index in [1.807, 2.05) is 11.6 Å². The highest BCUT2D eigenvalue weighted by atomic mass is 32.2. The highest BCUT2D eigenvalue weighted by Gasteiger charge is 2.39. The van der Waals surface area contributed by atoms with Gasteiger partial charge in [-0.3, -0.25) is 0 Å². The standard InChI is InChI=1S/C48H30BNOS/c1-2-13-31(14-3-1)32-15-12-16-33(27-32)35-28-40-39-20-7-11-24-47(39)52-49-41-26-25-34(29-45(41)51-46(30-35)48(40)49)36-17-4-8-21-42(36)50-43-22-9-5-18-37(43)38-19-6-10-23-44(38)50/h1-30H. The van der Waals surface area contributed by atoms with Gasteiger partial charge in [0.2, 0.25) is 0 Å². The first kappa shape index (κ1) is 29.5. The van der Waals surface area contributed by atoms with E-state index in [-0.39, 0.29) is 5.99 Å². The zero-order valence-corrected chi connectivity index (χ0v) is 29.0. The third-order valence-electron chi connectivity index (χ3n) is 10.7. The number of ether oxygens (including phenoxy) is 1. The summed E-state index contributed by atoms with van der Waals surface area (Å²) in [5, 5.41) is 2.52. The van der Waals surface area contributed by atoms with Crippen molar-refractivity contribution in [2.75, 3.05) is 0 Å². The molecule has 0 saturated carbocycles. The summed E-state index contributed by atoms with van der Waals surface area (Å²) in [6.45, 7) is 0. The van der Waals surface area contributed by atoms with Crippen LogP contribution in [-0.2, 0) is 0 Å². The molecule has 1 aromatic heterocycles. The molecule has 3 heterocycles. The minimum Gasteiger partial charge on any atom is -0.458 e.